The second-order valence-corrected chi connectivity index (χ2v) is 4.55. The van der Waals surface area contributed by atoms with E-state index in [2.05, 4.69) is 4.99 Å². The van der Waals surface area contributed by atoms with Crippen LogP contribution in [0, 0.1) is 5.94 Å². The highest BCUT2D eigenvalue weighted by atomic mass is 16.5. The second-order valence-electron chi connectivity index (χ2n) is 4.55. The molecule has 5 heteroatoms. The average Bonchev–Trinajstić information content (AvgIpc) is 2.89. The first-order chi connectivity index (χ1) is 9.72. The second kappa shape index (κ2) is 5.49. The Kier molecular flexibility index (Phi) is 3.54. The van der Waals surface area contributed by atoms with Gasteiger partial charge in [-0.15, -0.1) is 0 Å². The van der Waals surface area contributed by atoms with Crippen LogP contribution in [-0.2, 0) is 6.61 Å². The van der Waals surface area contributed by atoms with Gasteiger partial charge in [0.2, 0.25) is 0 Å². The summed E-state index contributed by atoms with van der Waals surface area (Å²) >= 11 is 0. The van der Waals surface area contributed by atoms with Gasteiger partial charge in [-0.2, -0.15) is 0 Å². The molecule has 0 aliphatic carbocycles. The van der Waals surface area contributed by atoms with Crippen molar-refractivity contribution in [3.05, 3.63) is 70.6 Å². The third-order valence-electron chi connectivity index (χ3n) is 3.07. The summed E-state index contributed by atoms with van der Waals surface area (Å²) in [5.74, 6) is 0.957. The Morgan fingerprint density at radius 1 is 1.05 bits per heavy atom. The molecule has 1 radical (unpaired) electrons. The molecule has 1 aliphatic heterocycles. The lowest BCUT2D eigenvalue weighted by Crippen LogP contribution is -2.20. The Hall–Kier alpha value is -2.11. The molecule has 0 saturated heterocycles. The number of nitrogens with zero attached hydrogens (tertiary/aromatic N) is 1. The van der Waals surface area contributed by atoms with Crippen LogP contribution in [0.4, 0.5) is 0 Å². The molecule has 0 fully saturated rings. The standard InChI is InChI=1S/C15H13BNO3/c18-16(19)15-8-12-6-7-13(9-14(12)17-15)20-10-11-4-2-1-3-5-11/h1-9,18-19H,10H2. The Bertz CT molecular complexity index is 716. The van der Waals surface area contributed by atoms with Gasteiger partial charge in [0.1, 0.15) is 18.3 Å². The summed E-state index contributed by atoms with van der Waals surface area (Å²) in [6.45, 7) is 0.489. The lowest BCUT2D eigenvalue weighted by atomic mass is 9.80. The van der Waals surface area contributed by atoms with E-state index in [1.165, 1.54) is 0 Å². The Balaban J connectivity index is 1.77. The molecular formula is C15H13BNO3. The molecule has 0 saturated carbocycles. The first-order valence-electron chi connectivity index (χ1n) is 6.32. The molecule has 1 heterocycles. The van der Waals surface area contributed by atoms with E-state index in [1.807, 2.05) is 42.5 Å². The van der Waals surface area contributed by atoms with E-state index in [9.17, 15) is 0 Å². The van der Waals surface area contributed by atoms with Crippen molar-refractivity contribution < 1.29 is 14.8 Å². The maximum Gasteiger partial charge on any atom is 0.487 e. The molecule has 3 rings (SSSR count). The minimum absolute atomic E-state index is 0.250. The van der Waals surface area contributed by atoms with Crippen LogP contribution in [0.1, 0.15) is 5.56 Å². The fourth-order valence-corrected chi connectivity index (χ4v) is 2.04. The van der Waals surface area contributed by atoms with Crippen molar-refractivity contribution in [2.45, 2.75) is 6.61 Å². The number of ether oxygens (including phenoxy) is 1. The summed E-state index contributed by atoms with van der Waals surface area (Å²) in [5.41, 5.74) is 1.09. The van der Waals surface area contributed by atoms with E-state index in [-0.39, 0.29) is 5.94 Å². The highest BCUT2D eigenvalue weighted by Gasteiger charge is 2.23. The molecule has 2 aromatic carbocycles. The summed E-state index contributed by atoms with van der Waals surface area (Å²) in [6.07, 6.45) is 1.65. The fraction of sp³-hybridized carbons (Fsp3) is 0.0667. The van der Waals surface area contributed by atoms with Gasteiger partial charge in [0.15, 0.2) is 0 Å². The van der Waals surface area contributed by atoms with Gasteiger partial charge in [-0.05, 0) is 29.0 Å². The van der Waals surface area contributed by atoms with Crippen molar-refractivity contribution in [2.24, 2.45) is 4.99 Å². The number of benzene rings is 2. The Labute approximate surface area is 116 Å². The fourth-order valence-electron chi connectivity index (χ4n) is 2.04. The van der Waals surface area contributed by atoms with Crippen LogP contribution in [0.15, 0.2) is 53.5 Å². The zero-order chi connectivity index (χ0) is 13.9. The van der Waals surface area contributed by atoms with Gasteiger partial charge < -0.3 is 14.8 Å². The van der Waals surface area contributed by atoms with Gasteiger partial charge in [0, 0.05) is 6.07 Å². The molecule has 0 atom stereocenters. The molecule has 0 spiro atoms. The number of hydrogen-bond acceptors (Lipinski definition) is 4. The maximum absolute atomic E-state index is 9.11. The largest absolute Gasteiger partial charge is 0.489 e. The summed E-state index contributed by atoms with van der Waals surface area (Å²) in [5, 5.41) is 19.8. The summed E-state index contributed by atoms with van der Waals surface area (Å²) < 4.78 is 5.70. The summed E-state index contributed by atoms with van der Waals surface area (Å²) in [4.78, 5) is 4.15. The predicted octanol–water partition coefficient (Wildman–Crippen LogP) is 0.223. The first kappa shape index (κ1) is 12.9. The monoisotopic (exact) mass is 266 g/mol. The molecule has 0 aromatic heterocycles. The smallest absolute Gasteiger partial charge is 0.487 e. The molecule has 99 valence electrons. The van der Waals surface area contributed by atoms with E-state index in [0.29, 0.717) is 17.7 Å². The summed E-state index contributed by atoms with van der Waals surface area (Å²) in [6, 6.07) is 15.4. The number of rotatable bonds is 4. The van der Waals surface area contributed by atoms with Gasteiger partial charge in [-0.1, -0.05) is 30.3 Å². The molecule has 0 unspecified atom stereocenters. The molecule has 2 aromatic rings. The topological polar surface area (TPSA) is 62.0 Å². The quantitative estimate of drug-likeness (QED) is 0.778. The first-order valence-corrected chi connectivity index (χ1v) is 6.32. The minimum Gasteiger partial charge on any atom is -0.489 e. The van der Waals surface area contributed by atoms with E-state index >= 15 is 0 Å². The SMILES string of the molecule is OB(O)[C]1C=c2ccc(OCc3ccccc3)cc2=N1. The van der Waals surface area contributed by atoms with Gasteiger partial charge >= 0.3 is 7.12 Å². The van der Waals surface area contributed by atoms with E-state index in [1.54, 1.807) is 12.1 Å². The molecule has 2 N–H and O–H groups in total. The highest BCUT2D eigenvalue weighted by molar-refractivity contribution is 6.51. The lowest BCUT2D eigenvalue weighted by molar-refractivity contribution is 0.306. The molecule has 1 aliphatic rings. The van der Waals surface area contributed by atoms with Gasteiger partial charge in [-0.25, -0.2) is 0 Å². The average molecular weight is 266 g/mol. The molecule has 4 nitrogen and oxygen atoms in total. The van der Waals surface area contributed by atoms with Crippen molar-refractivity contribution in [3.8, 4) is 5.75 Å². The van der Waals surface area contributed by atoms with Crippen LogP contribution in [-0.4, -0.2) is 17.2 Å². The Morgan fingerprint density at radius 2 is 1.85 bits per heavy atom. The molecule has 0 amide bonds. The van der Waals surface area contributed by atoms with Gasteiger partial charge in [-0.3, -0.25) is 4.99 Å². The molecule has 20 heavy (non-hydrogen) atoms. The molecule has 0 bridgehead atoms. The van der Waals surface area contributed by atoms with E-state index < -0.39 is 7.12 Å². The summed E-state index contributed by atoms with van der Waals surface area (Å²) in [7, 11) is -1.55. The van der Waals surface area contributed by atoms with Crippen LogP contribution < -0.4 is 15.3 Å². The lowest BCUT2D eigenvalue weighted by Gasteiger charge is -2.05. The normalized spacial score (nSPS) is 13.3. The van der Waals surface area contributed by atoms with Crippen molar-refractivity contribution in [1.29, 1.82) is 0 Å². The van der Waals surface area contributed by atoms with Crippen LogP contribution >= 0.6 is 0 Å². The predicted molar refractivity (Wildman–Crippen MR) is 75.9 cm³/mol. The highest BCUT2D eigenvalue weighted by Crippen LogP contribution is 2.12. The molecular weight excluding hydrogens is 253 g/mol. The maximum atomic E-state index is 9.11. The van der Waals surface area contributed by atoms with Crippen molar-refractivity contribution in [1.82, 2.24) is 0 Å². The van der Waals surface area contributed by atoms with Gasteiger partial charge in [0.25, 0.3) is 0 Å². The minimum atomic E-state index is -1.55. The number of hydrogen-bond donors (Lipinski definition) is 2. The van der Waals surface area contributed by atoms with E-state index in [0.717, 1.165) is 10.8 Å². The zero-order valence-corrected chi connectivity index (χ0v) is 10.7. The van der Waals surface area contributed by atoms with Crippen LogP contribution in [0.2, 0.25) is 0 Å². The van der Waals surface area contributed by atoms with Crippen LogP contribution in [0.25, 0.3) is 6.08 Å². The Morgan fingerprint density at radius 3 is 2.60 bits per heavy atom. The van der Waals surface area contributed by atoms with Crippen LogP contribution in [0.3, 0.4) is 0 Å². The van der Waals surface area contributed by atoms with Crippen LogP contribution in [0.5, 0.6) is 5.75 Å². The third-order valence-corrected chi connectivity index (χ3v) is 3.07. The number of fused-ring (bicyclic) bond motifs is 1. The van der Waals surface area contributed by atoms with Crippen molar-refractivity contribution in [3.63, 3.8) is 0 Å². The van der Waals surface area contributed by atoms with Crippen molar-refractivity contribution >= 4 is 13.2 Å². The zero-order valence-electron chi connectivity index (χ0n) is 10.7. The van der Waals surface area contributed by atoms with Crippen molar-refractivity contribution in [2.75, 3.05) is 0 Å². The van der Waals surface area contributed by atoms with E-state index in [4.69, 9.17) is 14.8 Å². The third kappa shape index (κ3) is 2.74. The van der Waals surface area contributed by atoms with Gasteiger partial charge in [0.05, 0.1) is 5.36 Å².